The fraction of sp³-hybridized carbons (Fsp3) is 0.650. The van der Waals surface area contributed by atoms with E-state index < -0.39 is 0 Å². The van der Waals surface area contributed by atoms with Crippen LogP contribution in [0.15, 0.2) is 30.3 Å². The van der Waals surface area contributed by atoms with Crippen molar-refractivity contribution >= 4 is 6.03 Å². The summed E-state index contributed by atoms with van der Waals surface area (Å²) in [4.78, 5) is 14.5. The van der Waals surface area contributed by atoms with Crippen molar-refractivity contribution in [3.63, 3.8) is 0 Å². The molecule has 2 amide bonds. The Balaban J connectivity index is 1.35. The average Bonchev–Trinajstić information content (AvgIpc) is 3.18. The van der Waals surface area contributed by atoms with Crippen LogP contribution < -0.4 is 10.6 Å². The molecule has 3 N–H and O–H groups in total. The van der Waals surface area contributed by atoms with E-state index in [1.54, 1.807) is 0 Å². The first-order valence-corrected chi connectivity index (χ1v) is 9.58. The Hall–Kier alpha value is -1.59. The van der Waals surface area contributed by atoms with Crippen LogP contribution in [0.2, 0.25) is 0 Å². The minimum atomic E-state index is -0.176. The number of nitrogens with zero attached hydrogens (tertiary/aromatic N) is 1. The maximum absolute atomic E-state index is 12.0. The van der Waals surface area contributed by atoms with E-state index in [0.717, 1.165) is 45.3 Å². The van der Waals surface area contributed by atoms with E-state index in [1.807, 2.05) is 0 Å². The van der Waals surface area contributed by atoms with E-state index in [1.165, 1.54) is 5.56 Å². The molecule has 2 aliphatic rings. The number of rotatable bonds is 6. The zero-order valence-corrected chi connectivity index (χ0v) is 15.2. The Kier molecular flexibility index (Phi) is 6.32. The van der Waals surface area contributed by atoms with Crippen molar-refractivity contribution in [2.24, 2.45) is 11.8 Å². The van der Waals surface area contributed by atoms with Crippen LogP contribution in [0.4, 0.5) is 4.79 Å². The van der Waals surface area contributed by atoms with Crippen LogP contribution in [0.5, 0.6) is 0 Å². The van der Waals surface area contributed by atoms with Gasteiger partial charge in [-0.15, -0.1) is 0 Å². The molecule has 0 unspecified atom stereocenters. The van der Waals surface area contributed by atoms with E-state index in [2.05, 4.69) is 52.8 Å². The fourth-order valence-electron chi connectivity index (χ4n) is 4.17. The number of urea groups is 1. The summed E-state index contributed by atoms with van der Waals surface area (Å²) in [5.74, 6) is 0.936. The first kappa shape index (κ1) is 18.2. The quantitative estimate of drug-likeness (QED) is 0.742. The Morgan fingerprint density at radius 1 is 1.12 bits per heavy atom. The predicted molar refractivity (Wildman–Crippen MR) is 99.2 cm³/mol. The Morgan fingerprint density at radius 2 is 1.84 bits per heavy atom. The van der Waals surface area contributed by atoms with E-state index in [0.29, 0.717) is 24.4 Å². The van der Waals surface area contributed by atoms with Gasteiger partial charge in [-0.05, 0) is 50.0 Å². The number of amides is 2. The molecule has 1 saturated carbocycles. The first-order chi connectivity index (χ1) is 12.1. The molecule has 0 spiro atoms. The lowest BCUT2D eigenvalue weighted by atomic mass is 10.1. The van der Waals surface area contributed by atoms with Crippen LogP contribution >= 0.6 is 0 Å². The van der Waals surface area contributed by atoms with E-state index >= 15 is 0 Å². The lowest BCUT2D eigenvalue weighted by Crippen LogP contribution is -2.40. The molecule has 1 aromatic carbocycles. The molecule has 138 valence electrons. The van der Waals surface area contributed by atoms with Crippen LogP contribution in [0.1, 0.15) is 38.2 Å². The van der Waals surface area contributed by atoms with Gasteiger partial charge in [0.25, 0.3) is 0 Å². The maximum atomic E-state index is 12.0. The Labute approximate surface area is 150 Å². The number of benzene rings is 1. The molecule has 1 aliphatic heterocycles. The van der Waals surface area contributed by atoms with Crippen molar-refractivity contribution < 1.29 is 9.90 Å². The van der Waals surface area contributed by atoms with Crippen LogP contribution in [-0.4, -0.2) is 47.8 Å². The normalized spacial score (nSPS) is 29.7. The molecule has 0 bridgehead atoms. The standard InChI is InChI=1S/C20H31N3O2/c1-15-9-18(14-23(15)13-16-5-3-2-4-6-16)12-22-20(25)21-11-17-7-8-19(24)10-17/h2-6,15,17-19,24H,7-14H2,1H3,(H2,21,22,25)/t15-,17+,18-,19+/m1/s1. The van der Waals surface area contributed by atoms with Crippen molar-refractivity contribution in [3.05, 3.63) is 35.9 Å². The minimum Gasteiger partial charge on any atom is -0.393 e. The number of hydrogen-bond donors (Lipinski definition) is 3. The summed E-state index contributed by atoms with van der Waals surface area (Å²) in [5.41, 5.74) is 1.35. The van der Waals surface area contributed by atoms with Gasteiger partial charge in [-0.2, -0.15) is 0 Å². The van der Waals surface area contributed by atoms with E-state index in [9.17, 15) is 9.90 Å². The molecule has 1 heterocycles. The molecule has 5 heteroatoms. The first-order valence-electron chi connectivity index (χ1n) is 9.58. The summed E-state index contributed by atoms with van der Waals surface area (Å²) in [6, 6.07) is 11.0. The van der Waals surface area contributed by atoms with Gasteiger partial charge >= 0.3 is 6.03 Å². The molecule has 2 fully saturated rings. The number of carbonyl (C=O) groups excluding carboxylic acids is 1. The van der Waals surface area contributed by atoms with Crippen LogP contribution in [-0.2, 0) is 6.54 Å². The number of hydrogen-bond acceptors (Lipinski definition) is 3. The number of carbonyl (C=O) groups is 1. The molecule has 4 atom stereocenters. The number of nitrogens with one attached hydrogen (secondary N) is 2. The predicted octanol–water partition coefficient (Wildman–Crippen LogP) is 2.36. The van der Waals surface area contributed by atoms with Gasteiger partial charge in [0.15, 0.2) is 0 Å². The van der Waals surface area contributed by atoms with Gasteiger partial charge in [0, 0.05) is 32.2 Å². The molecular formula is C20H31N3O2. The molecule has 0 radical (unpaired) electrons. The molecular weight excluding hydrogens is 314 g/mol. The second kappa shape index (κ2) is 8.68. The average molecular weight is 345 g/mol. The summed E-state index contributed by atoms with van der Waals surface area (Å²) in [6.07, 6.45) is 3.64. The fourth-order valence-corrected chi connectivity index (χ4v) is 4.17. The third-order valence-electron chi connectivity index (χ3n) is 5.64. The summed E-state index contributed by atoms with van der Waals surface area (Å²) in [5, 5.41) is 15.5. The highest BCUT2D eigenvalue weighted by molar-refractivity contribution is 5.73. The SMILES string of the molecule is C[C@@H]1C[C@H](CNC(=O)NC[C@H]2CC[C@H](O)C2)CN1Cc1ccccc1. The van der Waals surface area contributed by atoms with Gasteiger partial charge in [-0.3, -0.25) is 4.90 Å². The van der Waals surface area contributed by atoms with Crippen LogP contribution in [0.25, 0.3) is 0 Å². The second-order valence-electron chi connectivity index (χ2n) is 7.79. The van der Waals surface area contributed by atoms with Gasteiger partial charge in [0.1, 0.15) is 0 Å². The maximum Gasteiger partial charge on any atom is 0.314 e. The highest BCUT2D eigenvalue weighted by Crippen LogP contribution is 2.25. The molecule has 1 aliphatic carbocycles. The largest absolute Gasteiger partial charge is 0.393 e. The third kappa shape index (κ3) is 5.44. The third-order valence-corrected chi connectivity index (χ3v) is 5.64. The smallest absolute Gasteiger partial charge is 0.314 e. The Bertz CT molecular complexity index is 551. The van der Waals surface area contributed by atoms with Gasteiger partial charge in [-0.1, -0.05) is 30.3 Å². The van der Waals surface area contributed by atoms with Crippen LogP contribution in [0, 0.1) is 11.8 Å². The molecule has 25 heavy (non-hydrogen) atoms. The van der Waals surface area contributed by atoms with Gasteiger partial charge in [0.05, 0.1) is 6.10 Å². The molecule has 1 aromatic rings. The number of likely N-dealkylation sites (tertiary alicyclic amines) is 1. The lowest BCUT2D eigenvalue weighted by Gasteiger charge is -2.21. The van der Waals surface area contributed by atoms with E-state index in [-0.39, 0.29) is 12.1 Å². The van der Waals surface area contributed by atoms with Crippen molar-refractivity contribution in [1.82, 2.24) is 15.5 Å². The summed E-state index contributed by atoms with van der Waals surface area (Å²) in [6.45, 7) is 5.69. The van der Waals surface area contributed by atoms with Crippen molar-refractivity contribution in [1.29, 1.82) is 0 Å². The number of aliphatic hydroxyl groups is 1. The van der Waals surface area contributed by atoms with Crippen molar-refractivity contribution in [3.8, 4) is 0 Å². The van der Waals surface area contributed by atoms with Gasteiger partial charge < -0.3 is 15.7 Å². The zero-order valence-electron chi connectivity index (χ0n) is 15.2. The highest BCUT2D eigenvalue weighted by atomic mass is 16.3. The lowest BCUT2D eigenvalue weighted by molar-refractivity contribution is 0.177. The molecule has 3 rings (SSSR count). The van der Waals surface area contributed by atoms with E-state index in [4.69, 9.17) is 0 Å². The summed E-state index contributed by atoms with van der Waals surface area (Å²) < 4.78 is 0. The zero-order chi connectivity index (χ0) is 17.6. The monoisotopic (exact) mass is 345 g/mol. The minimum absolute atomic E-state index is 0.0736. The molecule has 0 aromatic heterocycles. The van der Waals surface area contributed by atoms with Crippen LogP contribution in [0.3, 0.4) is 0 Å². The molecule has 1 saturated heterocycles. The molecule has 5 nitrogen and oxygen atoms in total. The number of aliphatic hydroxyl groups excluding tert-OH is 1. The Morgan fingerprint density at radius 3 is 2.52 bits per heavy atom. The highest BCUT2D eigenvalue weighted by Gasteiger charge is 2.29. The topological polar surface area (TPSA) is 64.6 Å². The van der Waals surface area contributed by atoms with Gasteiger partial charge in [0.2, 0.25) is 0 Å². The van der Waals surface area contributed by atoms with Gasteiger partial charge in [-0.25, -0.2) is 4.79 Å². The summed E-state index contributed by atoms with van der Waals surface area (Å²) in [7, 11) is 0. The van der Waals surface area contributed by atoms with Crippen molar-refractivity contribution in [2.45, 2.75) is 51.3 Å². The second-order valence-corrected chi connectivity index (χ2v) is 7.79. The van der Waals surface area contributed by atoms with Crippen molar-refractivity contribution in [2.75, 3.05) is 19.6 Å². The summed E-state index contributed by atoms with van der Waals surface area (Å²) >= 11 is 0.